The third-order valence-electron chi connectivity index (χ3n) is 4.82. The summed E-state index contributed by atoms with van der Waals surface area (Å²) in [6, 6.07) is 16.4. The van der Waals surface area contributed by atoms with E-state index in [2.05, 4.69) is 9.56 Å². The van der Waals surface area contributed by atoms with Gasteiger partial charge in [-0.25, -0.2) is 9.59 Å². The Hall–Kier alpha value is -3.38. The molecule has 7 heteroatoms. The predicted octanol–water partition coefficient (Wildman–Crippen LogP) is 5.62. The number of aromatic nitrogens is 1. The topological polar surface area (TPSA) is 69.9 Å². The summed E-state index contributed by atoms with van der Waals surface area (Å²) in [5.41, 5.74) is 5.66. The number of nitrogens with zero attached hydrogens (tertiary/aromatic N) is 2. The number of esters is 2. The summed E-state index contributed by atoms with van der Waals surface area (Å²) in [6.45, 7) is 8.28. The first-order chi connectivity index (χ1) is 14.9. The van der Waals surface area contributed by atoms with Gasteiger partial charge in [0.05, 0.1) is 30.0 Å². The van der Waals surface area contributed by atoms with Crippen LogP contribution in [0, 0.1) is 13.8 Å². The van der Waals surface area contributed by atoms with Gasteiger partial charge in [0, 0.05) is 28.9 Å². The maximum atomic E-state index is 11.9. The van der Waals surface area contributed by atoms with E-state index in [4.69, 9.17) is 9.47 Å². The number of hydrogen-bond donors (Lipinski definition) is 0. The monoisotopic (exact) mass is 454 g/mol. The van der Waals surface area contributed by atoms with Gasteiger partial charge in [-0.3, -0.25) is 4.99 Å². The fourth-order valence-electron chi connectivity index (χ4n) is 3.35. The molecule has 0 aliphatic heterocycles. The first-order valence-electron chi connectivity index (χ1n) is 10.2. The van der Waals surface area contributed by atoms with Crippen molar-refractivity contribution in [1.29, 1.82) is 0 Å². The molecule has 168 valence electrons. The molecule has 0 saturated carbocycles. The lowest BCUT2D eigenvalue weighted by Gasteiger charge is -2.10. The molecule has 0 aliphatic rings. The molecule has 0 saturated heterocycles. The fourth-order valence-corrected chi connectivity index (χ4v) is 3.35. The molecule has 32 heavy (non-hydrogen) atoms. The molecule has 1 heterocycles. The van der Waals surface area contributed by atoms with Gasteiger partial charge in [0.15, 0.2) is 0 Å². The third kappa shape index (κ3) is 5.65. The number of carbonyl (C=O) groups is 2. The second-order valence-corrected chi connectivity index (χ2v) is 6.96. The highest BCUT2D eigenvalue weighted by atomic mass is 35.5. The molecule has 2 aromatic carbocycles. The minimum absolute atomic E-state index is 0. The Morgan fingerprint density at radius 1 is 0.906 bits per heavy atom. The van der Waals surface area contributed by atoms with Crippen molar-refractivity contribution in [2.75, 3.05) is 13.2 Å². The standard InChI is InChI=1S/C25H26N2O4.ClH/c1-5-30-24(28)19-10-12-23(13-11-19)27-17(3)14-21(18(27)4)16-26-22-9-7-8-20(15-22)25(29)31-6-2;/h7-16H,5-6H2,1-4H3;1H. The molecule has 0 aliphatic carbocycles. The quantitative estimate of drug-likeness (QED) is 0.343. The van der Waals surface area contributed by atoms with Crippen molar-refractivity contribution in [3.63, 3.8) is 0 Å². The van der Waals surface area contributed by atoms with Crippen molar-refractivity contribution < 1.29 is 19.1 Å². The summed E-state index contributed by atoms with van der Waals surface area (Å²) in [4.78, 5) is 28.3. The number of carbonyl (C=O) groups excluding carboxylic acids is 2. The zero-order valence-corrected chi connectivity index (χ0v) is 19.4. The summed E-state index contributed by atoms with van der Waals surface area (Å²) in [5, 5.41) is 0. The van der Waals surface area contributed by atoms with Crippen molar-refractivity contribution in [2.45, 2.75) is 27.7 Å². The highest BCUT2D eigenvalue weighted by molar-refractivity contribution is 5.91. The summed E-state index contributed by atoms with van der Waals surface area (Å²) < 4.78 is 12.2. The minimum Gasteiger partial charge on any atom is -0.462 e. The van der Waals surface area contributed by atoms with Gasteiger partial charge < -0.3 is 14.0 Å². The smallest absolute Gasteiger partial charge is 0.338 e. The van der Waals surface area contributed by atoms with Crippen LogP contribution in [0.4, 0.5) is 5.69 Å². The largest absolute Gasteiger partial charge is 0.462 e. The molecule has 1 aromatic heterocycles. The number of benzene rings is 2. The van der Waals surface area contributed by atoms with E-state index >= 15 is 0 Å². The van der Waals surface area contributed by atoms with E-state index in [1.54, 1.807) is 50.4 Å². The Balaban J connectivity index is 0.00000363. The summed E-state index contributed by atoms with van der Waals surface area (Å²) in [7, 11) is 0. The number of halogens is 1. The van der Waals surface area contributed by atoms with E-state index in [9.17, 15) is 9.59 Å². The van der Waals surface area contributed by atoms with Crippen molar-refractivity contribution in [3.8, 4) is 5.69 Å². The summed E-state index contributed by atoms with van der Waals surface area (Å²) in [5.74, 6) is -0.683. The second kappa shape index (κ2) is 11.3. The third-order valence-corrected chi connectivity index (χ3v) is 4.82. The summed E-state index contributed by atoms with van der Waals surface area (Å²) in [6.07, 6.45) is 1.79. The van der Waals surface area contributed by atoms with Gasteiger partial charge in [0.2, 0.25) is 0 Å². The molecule has 3 aromatic rings. The molecular formula is C25H27ClN2O4. The first-order valence-corrected chi connectivity index (χ1v) is 10.2. The predicted molar refractivity (Wildman–Crippen MR) is 128 cm³/mol. The average molecular weight is 455 g/mol. The maximum Gasteiger partial charge on any atom is 0.338 e. The fraction of sp³-hybridized carbons (Fsp3) is 0.240. The van der Waals surface area contributed by atoms with Gasteiger partial charge in [-0.05, 0) is 76.2 Å². The van der Waals surface area contributed by atoms with E-state index < -0.39 is 0 Å². The van der Waals surface area contributed by atoms with Gasteiger partial charge in [-0.2, -0.15) is 0 Å². The van der Waals surface area contributed by atoms with Gasteiger partial charge in [0.25, 0.3) is 0 Å². The molecule has 3 rings (SSSR count). The molecule has 0 fully saturated rings. The van der Waals surface area contributed by atoms with Crippen LogP contribution >= 0.6 is 12.4 Å². The average Bonchev–Trinajstić information content (AvgIpc) is 3.06. The van der Waals surface area contributed by atoms with Crippen LogP contribution in [0.5, 0.6) is 0 Å². The van der Waals surface area contributed by atoms with Crippen LogP contribution in [0.25, 0.3) is 5.69 Å². The van der Waals surface area contributed by atoms with Crippen LogP contribution in [0.15, 0.2) is 59.6 Å². The van der Waals surface area contributed by atoms with Gasteiger partial charge >= 0.3 is 11.9 Å². The normalized spacial score (nSPS) is 10.6. The van der Waals surface area contributed by atoms with Gasteiger partial charge in [-0.1, -0.05) is 6.07 Å². The Bertz CT molecular complexity index is 1120. The Morgan fingerprint density at radius 2 is 1.53 bits per heavy atom. The first kappa shape index (κ1) is 24.9. The lowest BCUT2D eigenvalue weighted by molar-refractivity contribution is 0.0517. The highest BCUT2D eigenvalue weighted by Gasteiger charge is 2.12. The van der Waals surface area contributed by atoms with Crippen LogP contribution in [-0.2, 0) is 9.47 Å². The zero-order valence-electron chi connectivity index (χ0n) is 18.6. The zero-order chi connectivity index (χ0) is 22.4. The van der Waals surface area contributed by atoms with Crippen LogP contribution in [0.2, 0.25) is 0 Å². The number of aliphatic imine (C=N–C) groups is 1. The molecule has 0 unspecified atom stereocenters. The number of rotatable bonds is 7. The highest BCUT2D eigenvalue weighted by Crippen LogP contribution is 2.22. The molecule has 6 nitrogen and oxygen atoms in total. The van der Waals surface area contributed by atoms with Crippen molar-refractivity contribution in [2.24, 2.45) is 4.99 Å². The molecule has 0 amide bonds. The van der Waals surface area contributed by atoms with Gasteiger partial charge in [0.1, 0.15) is 0 Å². The lowest BCUT2D eigenvalue weighted by Crippen LogP contribution is -2.05. The number of aryl methyl sites for hydroxylation is 1. The van der Waals surface area contributed by atoms with E-state index in [0.29, 0.717) is 30.0 Å². The SMILES string of the molecule is CCOC(=O)c1ccc(-n2c(C)cc(C=Nc3cccc(C(=O)OCC)c3)c2C)cc1.Cl. The Labute approximate surface area is 194 Å². The van der Waals surface area contributed by atoms with Crippen molar-refractivity contribution in [1.82, 2.24) is 4.57 Å². The minimum atomic E-state index is -0.357. The molecule has 0 spiro atoms. The number of hydrogen-bond acceptors (Lipinski definition) is 5. The van der Waals surface area contributed by atoms with Crippen molar-refractivity contribution >= 4 is 36.2 Å². The van der Waals surface area contributed by atoms with Crippen LogP contribution in [0.1, 0.15) is 51.5 Å². The van der Waals surface area contributed by atoms with E-state index in [-0.39, 0.29) is 24.3 Å². The van der Waals surface area contributed by atoms with Gasteiger partial charge in [-0.15, -0.1) is 12.4 Å². The van der Waals surface area contributed by atoms with Crippen LogP contribution in [0.3, 0.4) is 0 Å². The molecule has 0 N–H and O–H groups in total. The van der Waals surface area contributed by atoms with Crippen molar-refractivity contribution in [3.05, 3.63) is 82.7 Å². The lowest BCUT2D eigenvalue weighted by atomic mass is 10.2. The van der Waals surface area contributed by atoms with E-state index in [0.717, 1.165) is 22.6 Å². The van der Waals surface area contributed by atoms with E-state index in [1.165, 1.54) is 0 Å². The maximum absolute atomic E-state index is 11.9. The van der Waals surface area contributed by atoms with Crippen LogP contribution < -0.4 is 0 Å². The molecule has 0 atom stereocenters. The molecular weight excluding hydrogens is 428 g/mol. The Kier molecular flexibility index (Phi) is 8.79. The second-order valence-electron chi connectivity index (χ2n) is 6.96. The number of ether oxygens (including phenoxy) is 2. The molecule has 0 radical (unpaired) electrons. The molecule has 0 bridgehead atoms. The Morgan fingerprint density at radius 3 is 2.16 bits per heavy atom. The summed E-state index contributed by atoms with van der Waals surface area (Å²) >= 11 is 0. The van der Waals surface area contributed by atoms with Crippen LogP contribution in [-0.4, -0.2) is 35.9 Å². The van der Waals surface area contributed by atoms with E-state index in [1.807, 2.05) is 38.1 Å².